The van der Waals surface area contributed by atoms with Crippen molar-refractivity contribution in [1.82, 2.24) is 10.2 Å². The van der Waals surface area contributed by atoms with Gasteiger partial charge in [0.25, 0.3) is 0 Å². The predicted molar refractivity (Wildman–Crippen MR) is 74.1 cm³/mol. The van der Waals surface area contributed by atoms with Gasteiger partial charge in [-0.3, -0.25) is 0 Å². The fourth-order valence-electron chi connectivity index (χ4n) is 2.17. The van der Waals surface area contributed by atoms with Crippen LogP contribution >= 0.6 is 11.6 Å². The number of hydrogen-bond donors (Lipinski definition) is 2. The van der Waals surface area contributed by atoms with Crippen molar-refractivity contribution in [3.63, 3.8) is 0 Å². The van der Waals surface area contributed by atoms with Crippen molar-refractivity contribution in [1.29, 1.82) is 0 Å². The summed E-state index contributed by atoms with van der Waals surface area (Å²) in [6.45, 7) is 1.56. The highest BCUT2D eigenvalue weighted by Crippen LogP contribution is 2.16. The van der Waals surface area contributed by atoms with Gasteiger partial charge in [-0.1, -0.05) is 17.7 Å². The van der Waals surface area contributed by atoms with Crippen LogP contribution in [0.2, 0.25) is 5.02 Å². The monoisotopic (exact) mass is 267 g/mol. The molecule has 5 heteroatoms. The largest absolute Gasteiger partial charge is 0.323 e. The van der Waals surface area contributed by atoms with Gasteiger partial charge in [-0.25, -0.2) is 4.79 Å². The molecule has 0 saturated carbocycles. The van der Waals surface area contributed by atoms with E-state index in [0.29, 0.717) is 11.1 Å². The molecule has 1 atom stereocenters. The number of amides is 2. The van der Waals surface area contributed by atoms with E-state index in [-0.39, 0.29) is 6.03 Å². The summed E-state index contributed by atoms with van der Waals surface area (Å²) in [5.74, 6) is 0. The highest BCUT2D eigenvalue weighted by Gasteiger charge is 2.22. The van der Waals surface area contributed by atoms with Crippen molar-refractivity contribution >= 4 is 23.3 Å². The van der Waals surface area contributed by atoms with Gasteiger partial charge >= 0.3 is 6.03 Å². The summed E-state index contributed by atoms with van der Waals surface area (Å²) >= 11 is 5.88. The first-order chi connectivity index (χ1) is 8.69. The second-order valence-corrected chi connectivity index (χ2v) is 4.95. The lowest BCUT2D eigenvalue weighted by Gasteiger charge is -2.32. The van der Waals surface area contributed by atoms with Crippen molar-refractivity contribution in [2.45, 2.75) is 18.9 Å². The Morgan fingerprint density at radius 3 is 3.06 bits per heavy atom. The minimum absolute atomic E-state index is 0.0581. The molecule has 0 spiro atoms. The van der Waals surface area contributed by atoms with E-state index in [1.807, 2.05) is 24.1 Å². The third-order valence-corrected chi connectivity index (χ3v) is 3.43. The van der Waals surface area contributed by atoms with Crippen LogP contribution in [-0.2, 0) is 0 Å². The highest BCUT2D eigenvalue weighted by molar-refractivity contribution is 6.30. The van der Waals surface area contributed by atoms with Crippen molar-refractivity contribution < 1.29 is 4.79 Å². The van der Waals surface area contributed by atoms with Gasteiger partial charge in [-0.15, -0.1) is 0 Å². The number of urea groups is 1. The van der Waals surface area contributed by atoms with E-state index in [1.165, 1.54) is 0 Å². The zero-order chi connectivity index (χ0) is 13.0. The maximum absolute atomic E-state index is 12.1. The number of anilines is 1. The number of rotatable bonds is 2. The van der Waals surface area contributed by atoms with Crippen LogP contribution < -0.4 is 10.6 Å². The number of hydrogen-bond acceptors (Lipinski definition) is 2. The van der Waals surface area contributed by atoms with Crippen molar-refractivity contribution in [3.8, 4) is 0 Å². The van der Waals surface area contributed by atoms with Gasteiger partial charge < -0.3 is 15.5 Å². The maximum atomic E-state index is 12.1. The Hall–Kier alpha value is -1.26. The number of carbonyl (C=O) groups is 1. The Balaban J connectivity index is 1.95. The Morgan fingerprint density at radius 2 is 2.33 bits per heavy atom. The van der Waals surface area contributed by atoms with E-state index < -0.39 is 0 Å². The lowest BCUT2D eigenvalue weighted by Crippen LogP contribution is -2.48. The normalized spacial score (nSPS) is 19.7. The molecule has 0 unspecified atom stereocenters. The van der Waals surface area contributed by atoms with E-state index >= 15 is 0 Å². The van der Waals surface area contributed by atoms with Crippen LogP contribution in [0.3, 0.4) is 0 Å². The lowest BCUT2D eigenvalue weighted by molar-refractivity contribution is 0.187. The van der Waals surface area contributed by atoms with E-state index in [0.717, 1.165) is 31.6 Å². The Kier molecular flexibility index (Phi) is 4.44. The van der Waals surface area contributed by atoms with Gasteiger partial charge in [-0.2, -0.15) is 0 Å². The summed E-state index contributed by atoms with van der Waals surface area (Å²) in [5, 5.41) is 6.72. The quantitative estimate of drug-likeness (QED) is 0.865. The molecular weight excluding hydrogens is 250 g/mol. The second-order valence-electron chi connectivity index (χ2n) is 4.51. The molecule has 1 fully saturated rings. The van der Waals surface area contributed by atoms with Gasteiger partial charge in [0.2, 0.25) is 0 Å². The topological polar surface area (TPSA) is 44.4 Å². The molecule has 18 heavy (non-hydrogen) atoms. The number of benzene rings is 1. The number of likely N-dealkylation sites (tertiary alicyclic amines) is 1. The smallest absolute Gasteiger partial charge is 0.321 e. The molecule has 2 rings (SSSR count). The first kappa shape index (κ1) is 13.2. The molecule has 1 aromatic rings. The average Bonchev–Trinajstić information content (AvgIpc) is 2.39. The Bertz CT molecular complexity index is 424. The lowest BCUT2D eigenvalue weighted by atomic mass is 10.1. The second kappa shape index (κ2) is 6.07. The minimum Gasteiger partial charge on any atom is -0.323 e. The van der Waals surface area contributed by atoms with E-state index in [2.05, 4.69) is 10.6 Å². The SMILES string of the molecule is CN[C@H]1CCCN(C(=O)Nc2cccc(Cl)c2)C1. The summed E-state index contributed by atoms with van der Waals surface area (Å²) in [6, 6.07) is 7.53. The molecule has 4 nitrogen and oxygen atoms in total. The zero-order valence-corrected chi connectivity index (χ0v) is 11.2. The summed E-state index contributed by atoms with van der Waals surface area (Å²) in [5.41, 5.74) is 0.735. The third kappa shape index (κ3) is 3.37. The molecule has 1 heterocycles. The van der Waals surface area contributed by atoms with E-state index in [1.54, 1.807) is 12.1 Å². The molecule has 2 amide bonds. The van der Waals surface area contributed by atoms with Crippen LogP contribution in [0.25, 0.3) is 0 Å². The summed E-state index contributed by atoms with van der Waals surface area (Å²) in [6.07, 6.45) is 2.16. The molecule has 98 valence electrons. The van der Waals surface area contributed by atoms with E-state index in [9.17, 15) is 4.79 Å². The van der Waals surface area contributed by atoms with Gasteiger partial charge in [0.15, 0.2) is 0 Å². The van der Waals surface area contributed by atoms with Crippen LogP contribution in [0.1, 0.15) is 12.8 Å². The molecule has 1 aromatic carbocycles. The van der Waals surface area contributed by atoms with Gasteiger partial charge in [-0.05, 0) is 38.1 Å². The van der Waals surface area contributed by atoms with Crippen LogP contribution in [0, 0.1) is 0 Å². The fourth-order valence-corrected chi connectivity index (χ4v) is 2.36. The number of piperidine rings is 1. The first-order valence-corrected chi connectivity index (χ1v) is 6.55. The van der Waals surface area contributed by atoms with Gasteiger partial charge in [0.05, 0.1) is 0 Å². The molecule has 0 bridgehead atoms. The fraction of sp³-hybridized carbons (Fsp3) is 0.462. The summed E-state index contributed by atoms with van der Waals surface area (Å²) < 4.78 is 0. The van der Waals surface area contributed by atoms with Crippen molar-refractivity contribution in [2.24, 2.45) is 0 Å². The van der Waals surface area contributed by atoms with E-state index in [4.69, 9.17) is 11.6 Å². The summed E-state index contributed by atoms with van der Waals surface area (Å²) in [4.78, 5) is 13.9. The van der Waals surface area contributed by atoms with Crippen LogP contribution in [0.5, 0.6) is 0 Å². The van der Waals surface area contributed by atoms with Crippen molar-refractivity contribution in [2.75, 3.05) is 25.5 Å². The highest BCUT2D eigenvalue weighted by atomic mass is 35.5. The molecule has 0 aromatic heterocycles. The Morgan fingerprint density at radius 1 is 1.50 bits per heavy atom. The summed E-state index contributed by atoms with van der Waals surface area (Å²) in [7, 11) is 1.93. The maximum Gasteiger partial charge on any atom is 0.321 e. The minimum atomic E-state index is -0.0581. The standard InChI is InChI=1S/C13H18ClN3O/c1-15-12-6-3-7-17(9-12)13(18)16-11-5-2-4-10(14)8-11/h2,4-5,8,12,15H,3,6-7,9H2,1H3,(H,16,18)/t12-/m0/s1. The number of nitrogens with zero attached hydrogens (tertiary/aromatic N) is 1. The number of nitrogens with one attached hydrogen (secondary N) is 2. The molecule has 0 radical (unpaired) electrons. The van der Waals surface area contributed by atoms with Gasteiger partial charge in [0, 0.05) is 29.8 Å². The number of carbonyl (C=O) groups excluding carboxylic acids is 1. The Labute approximate surface area is 112 Å². The number of halogens is 1. The molecular formula is C13H18ClN3O. The van der Waals surface area contributed by atoms with Crippen LogP contribution in [0.4, 0.5) is 10.5 Å². The molecule has 1 aliphatic rings. The molecule has 1 saturated heterocycles. The van der Waals surface area contributed by atoms with Crippen LogP contribution in [0.15, 0.2) is 24.3 Å². The van der Waals surface area contributed by atoms with Crippen LogP contribution in [-0.4, -0.2) is 37.1 Å². The predicted octanol–water partition coefficient (Wildman–Crippen LogP) is 2.56. The zero-order valence-electron chi connectivity index (χ0n) is 10.4. The average molecular weight is 268 g/mol. The third-order valence-electron chi connectivity index (χ3n) is 3.19. The van der Waals surface area contributed by atoms with Crippen molar-refractivity contribution in [3.05, 3.63) is 29.3 Å². The first-order valence-electron chi connectivity index (χ1n) is 6.18. The molecule has 2 N–H and O–H groups in total. The molecule has 1 aliphatic heterocycles. The van der Waals surface area contributed by atoms with Gasteiger partial charge in [0.1, 0.15) is 0 Å². The molecule has 0 aliphatic carbocycles. The number of likely N-dealkylation sites (N-methyl/N-ethyl adjacent to an activating group) is 1.